The molecule has 2 aromatic heterocycles. The minimum atomic E-state index is 0.755. The van der Waals surface area contributed by atoms with Gasteiger partial charge in [-0.2, -0.15) is 11.3 Å². The lowest BCUT2D eigenvalue weighted by Crippen LogP contribution is -1.95. The first kappa shape index (κ1) is 8.38. The molecule has 0 spiro atoms. The number of hydrogen-bond acceptors (Lipinski definition) is 3. The zero-order chi connectivity index (χ0) is 9.10. The van der Waals surface area contributed by atoms with Gasteiger partial charge in [0.05, 0.1) is 6.54 Å². The quantitative estimate of drug-likeness (QED) is 0.809. The van der Waals surface area contributed by atoms with E-state index in [4.69, 9.17) is 4.42 Å². The normalized spacial score (nSPS) is 10.2. The number of hydrogen-bond donors (Lipinski definition) is 1. The summed E-state index contributed by atoms with van der Waals surface area (Å²) in [7, 11) is 0. The molecule has 2 heterocycles. The van der Waals surface area contributed by atoms with E-state index in [0.29, 0.717) is 0 Å². The van der Waals surface area contributed by atoms with Crippen LogP contribution in [0.1, 0.15) is 11.5 Å². The maximum absolute atomic E-state index is 5.42. The molecule has 0 saturated carbocycles. The molecule has 0 bridgehead atoms. The van der Waals surface area contributed by atoms with Gasteiger partial charge in [0.15, 0.2) is 0 Å². The fourth-order valence-corrected chi connectivity index (χ4v) is 1.75. The van der Waals surface area contributed by atoms with Crippen LogP contribution in [-0.2, 0) is 6.54 Å². The molecule has 0 radical (unpaired) electrons. The van der Waals surface area contributed by atoms with Crippen molar-refractivity contribution in [2.24, 2.45) is 0 Å². The van der Waals surface area contributed by atoms with Crippen LogP contribution in [0, 0.1) is 6.92 Å². The largest absolute Gasteiger partial charge is 0.465 e. The molecule has 3 heteroatoms. The van der Waals surface area contributed by atoms with Gasteiger partial charge in [0.1, 0.15) is 11.5 Å². The van der Waals surface area contributed by atoms with Crippen molar-refractivity contribution >= 4 is 17.0 Å². The maximum atomic E-state index is 5.42. The average molecular weight is 193 g/mol. The predicted octanol–water partition coefficient (Wildman–Crippen LogP) is 3.26. The Balaban J connectivity index is 1.93. The minimum Gasteiger partial charge on any atom is -0.465 e. The summed E-state index contributed by atoms with van der Waals surface area (Å²) in [6, 6.07) is 6.03. The Morgan fingerprint density at radius 1 is 1.38 bits per heavy atom. The minimum absolute atomic E-state index is 0.755. The van der Waals surface area contributed by atoms with E-state index < -0.39 is 0 Å². The van der Waals surface area contributed by atoms with E-state index >= 15 is 0 Å². The Bertz CT molecular complexity index is 364. The van der Waals surface area contributed by atoms with Gasteiger partial charge in [-0.1, -0.05) is 0 Å². The number of anilines is 1. The zero-order valence-corrected chi connectivity index (χ0v) is 8.23. The van der Waals surface area contributed by atoms with Crippen molar-refractivity contribution in [1.29, 1.82) is 0 Å². The summed E-state index contributed by atoms with van der Waals surface area (Å²) in [5.74, 6) is 1.94. The predicted molar refractivity (Wildman–Crippen MR) is 55.1 cm³/mol. The first-order valence-electron chi connectivity index (χ1n) is 4.16. The summed E-state index contributed by atoms with van der Waals surface area (Å²) in [4.78, 5) is 0. The van der Waals surface area contributed by atoms with Crippen molar-refractivity contribution in [3.63, 3.8) is 0 Å². The van der Waals surface area contributed by atoms with Gasteiger partial charge in [-0.15, -0.1) is 0 Å². The first-order valence-corrected chi connectivity index (χ1v) is 5.10. The fraction of sp³-hybridized carbons (Fsp3) is 0.200. The standard InChI is InChI=1S/C10H11NOS/c1-8-2-3-10(12-8)6-11-9-4-5-13-7-9/h2-5,7,11H,6H2,1H3. The van der Waals surface area contributed by atoms with Crippen LogP contribution < -0.4 is 5.32 Å². The summed E-state index contributed by atoms with van der Waals surface area (Å²) in [5, 5.41) is 7.40. The van der Waals surface area contributed by atoms with Crippen LogP contribution in [-0.4, -0.2) is 0 Å². The van der Waals surface area contributed by atoms with Gasteiger partial charge in [0, 0.05) is 11.1 Å². The Morgan fingerprint density at radius 2 is 2.31 bits per heavy atom. The molecule has 0 aliphatic rings. The third-order valence-corrected chi connectivity index (χ3v) is 2.47. The van der Waals surface area contributed by atoms with Gasteiger partial charge in [-0.05, 0) is 30.5 Å². The Labute approximate surface area is 81.2 Å². The van der Waals surface area contributed by atoms with Gasteiger partial charge in [-0.3, -0.25) is 0 Å². The molecule has 0 amide bonds. The summed E-state index contributed by atoms with van der Waals surface area (Å²) < 4.78 is 5.42. The van der Waals surface area contributed by atoms with Crippen molar-refractivity contribution in [2.45, 2.75) is 13.5 Å². The zero-order valence-electron chi connectivity index (χ0n) is 7.41. The second kappa shape index (κ2) is 3.66. The maximum Gasteiger partial charge on any atom is 0.123 e. The van der Waals surface area contributed by atoms with Gasteiger partial charge in [0.2, 0.25) is 0 Å². The summed E-state index contributed by atoms with van der Waals surface area (Å²) in [5.41, 5.74) is 1.15. The molecule has 0 unspecified atom stereocenters. The van der Waals surface area contributed by atoms with Crippen molar-refractivity contribution in [2.75, 3.05) is 5.32 Å². The van der Waals surface area contributed by atoms with Gasteiger partial charge >= 0.3 is 0 Å². The van der Waals surface area contributed by atoms with E-state index in [-0.39, 0.29) is 0 Å². The molecule has 68 valence electrons. The van der Waals surface area contributed by atoms with E-state index in [0.717, 1.165) is 23.8 Å². The lowest BCUT2D eigenvalue weighted by Gasteiger charge is -1.99. The molecule has 0 aromatic carbocycles. The number of furan rings is 1. The molecule has 13 heavy (non-hydrogen) atoms. The molecule has 0 fully saturated rings. The SMILES string of the molecule is Cc1ccc(CNc2ccsc2)o1. The highest BCUT2D eigenvalue weighted by Crippen LogP contribution is 2.14. The molecule has 0 aliphatic heterocycles. The van der Waals surface area contributed by atoms with E-state index in [1.165, 1.54) is 0 Å². The van der Waals surface area contributed by atoms with Crippen LogP contribution >= 0.6 is 11.3 Å². The Morgan fingerprint density at radius 3 is 2.92 bits per heavy atom. The van der Waals surface area contributed by atoms with Crippen molar-refractivity contribution in [3.05, 3.63) is 40.5 Å². The van der Waals surface area contributed by atoms with Crippen LogP contribution in [0.5, 0.6) is 0 Å². The summed E-state index contributed by atoms with van der Waals surface area (Å²) >= 11 is 1.69. The van der Waals surface area contributed by atoms with Crippen LogP contribution in [0.25, 0.3) is 0 Å². The highest BCUT2D eigenvalue weighted by molar-refractivity contribution is 7.08. The molecular formula is C10H11NOS. The van der Waals surface area contributed by atoms with Crippen LogP contribution in [0.4, 0.5) is 5.69 Å². The highest BCUT2D eigenvalue weighted by Gasteiger charge is 1.97. The van der Waals surface area contributed by atoms with E-state index in [1.807, 2.05) is 19.1 Å². The van der Waals surface area contributed by atoms with Crippen molar-refractivity contribution < 1.29 is 4.42 Å². The van der Waals surface area contributed by atoms with Crippen molar-refractivity contribution in [1.82, 2.24) is 0 Å². The molecule has 2 rings (SSSR count). The second-order valence-electron chi connectivity index (χ2n) is 2.88. The molecule has 0 atom stereocenters. The van der Waals surface area contributed by atoms with Crippen LogP contribution in [0.15, 0.2) is 33.4 Å². The first-order chi connectivity index (χ1) is 6.34. The Hall–Kier alpha value is -1.22. The third-order valence-electron chi connectivity index (χ3n) is 1.78. The highest BCUT2D eigenvalue weighted by atomic mass is 32.1. The van der Waals surface area contributed by atoms with Crippen LogP contribution in [0.3, 0.4) is 0 Å². The molecule has 1 N–H and O–H groups in total. The Kier molecular flexibility index (Phi) is 2.36. The van der Waals surface area contributed by atoms with Crippen molar-refractivity contribution in [3.8, 4) is 0 Å². The molecule has 2 aromatic rings. The third kappa shape index (κ3) is 2.12. The lowest BCUT2D eigenvalue weighted by atomic mass is 10.4. The smallest absolute Gasteiger partial charge is 0.123 e. The van der Waals surface area contributed by atoms with E-state index in [1.54, 1.807) is 11.3 Å². The lowest BCUT2D eigenvalue weighted by molar-refractivity contribution is 0.490. The molecule has 0 aliphatic carbocycles. The van der Waals surface area contributed by atoms with Crippen LogP contribution in [0.2, 0.25) is 0 Å². The van der Waals surface area contributed by atoms with E-state index in [2.05, 4.69) is 22.1 Å². The number of rotatable bonds is 3. The second-order valence-corrected chi connectivity index (χ2v) is 3.66. The summed E-state index contributed by atoms with van der Waals surface area (Å²) in [6.07, 6.45) is 0. The fourth-order valence-electron chi connectivity index (χ4n) is 1.13. The average Bonchev–Trinajstić information content (AvgIpc) is 2.71. The molecule has 2 nitrogen and oxygen atoms in total. The summed E-state index contributed by atoms with van der Waals surface area (Å²) in [6.45, 7) is 2.71. The number of aryl methyl sites for hydroxylation is 1. The topological polar surface area (TPSA) is 25.2 Å². The van der Waals surface area contributed by atoms with Gasteiger partial charge < -0.3 is 9.73 Å². The van der Waals surface area contributed by atoms with Gasteiger partial charge in [0.25, 0.3) is 0 Å². The molecule has 0 saturated heterocycles. The monoisotopic (exact) mass is 193 g/mol. The van der Waals surface area contributed by atoms with E-state index in [9.17, 15) is 0 Å². The van der Waals surface area contributed by atoms with Gasteiger partial charge in [-0.25, -0.2) is 0 Å². The number of thiophene rings is 1. The molecular weight excluding hydrogens is 182 g/mol. The number of nitrogens with one attached hydrogen (secondary N) is 1.